The number of amides is 1. The zero-order valence-electron chi connectivity index (χ0n) is 9.38. The highest BCUT2D eigenvalue weighted by Crippen LogP contribution is 2.24. The van der Waals surface area contributed by atoms with Gasteiger partial charge in [-0.25, -0.2) is 0 Å². The average Bonchev–Trinajstić information content (AvgIpc) is 2.83. The van der Waals surface area contributed by atoms with Gasteiger partial charge in [0.2, 0.25) is 0 Å². The minimum absolute atomic E-state index is 0.0160. The minimum Gasteiger partial charge on any atom is -0.409 e. The highest BCUT2D eigenvalue weighted by Gasteiger charge is 2.28. The number of halogens is 1. The van der Waals surface area contributed by atoms with Gasteiger partial charge in [-0.1, -0.05) is 5.16 Å². The van der Waals surface area contributed by atoms with Crippen molar-refractivity contribution in [3.8, 4) is 0 Å². The van der Waals surface area contributed by atoms with Crippen LogP contribution in [0.2, 0.25) is 0 Å². The minimum atomic E-state index is -0.550. The van der Waals surface area contributed by atoms with E-state index in [4.69, 9.17) is 15.7 Å². The fraction of sp³-hybridized carbons (Fsp3) is 0.400. The van der Waals surface area contributed by atoms with Gasteiger partial charge in [0, 0.05) is 11.0 Å². The van der Waals surface area contributed by atoms with Crippen molar-refractivity contribution in [2.45, 2.75) is 6.10 Å². The van der Waals surface area contributed by atoms with E-state index >= 15 is 0 Å². The van der Waals surface area contributed by atoms with E-state index in [9.17, 15) is 4.79 Å². The molecule has 6 nitrogen and oxygen atoms in total. The monoisotopic (exact) mass is 333 g/mol. The molecule has 1 atom stereocenters. The maximum atomic E-state index is 12.2. The van der Waals surface area contributed by atoms with Gasteiger partial charge < -0.3 is 20.6 Å². The van der Waals surface area contributed by atoms with Crippen LogP contribution in [-0.4, -0.2) is 47.7 Å². The molecule has 1 aromatic heterocycles. The number of hydrogen-bond acceptors (Lipinski definition) is 5. The van der Waals surface area contributed by atoms with E-state index in [1.54, 1.807) is 4.90 Å². The van der Waals surface area contributed by atoms with Gasteiger partial charge in [0.25, 0.3) is 5.91 Å². The summed E-state index contributed by atoms with van der Waals surface area (Å²) in [6.07, 6.45) is -0.550. The molecule has 1 saturated heterocycles. The molecule has 18 heavy (non-hydrogen) atoms. The lowest BCUT2D eigenvalue weighted by Crippen LogP contribution is -2.50. The second-order valence-corrected chi connectivity index (χ2v) is 5.50. The summed E-state index contributed by atoms with van der Waals surface area (Å²) in [5, 5.41) is 13.4. The van der Waals surface area contributed by atoms with Gasteiger partial charge in [-0.3, -0.25) is 4.79 Å². The van der Waals surface area contributed by atoms with Crippen LogP contribution >= 0.6 is 27.3 Å². The largest absolute Gasteiger partial charge is 0.409 e. The molecule has 0 saturated carbocycles. The Balaban J connectivity index is 2.10. The third kappa shape index (κ3) is 2.65. The van der Waals surface area contributed by atoms with Gasteiger partial charge in [0.05, 0.1) is 13.2 Å². The van der Waals surface area contributed by atoms with E-state index in [1.807, 2.05) is 11.4 Å². The van der Waals surface area contributed by atoms with Crippen LogP contribution in [0.5, 0.6) is 0 Å². The Morgan fingerprint density at radius 1 is 1.72 bits per heavy atom. The Labute approximate surface area is 116 Å². The quantitative estimate of drug-likeness (QED) is 0.367. The summed E-state index contributed by atoms with van der Waals surface area (Å²) < 4.78 is 6.12. The molecule has 0 bridgehead atoms. The van der Waals surface area contributed by atoms with Gasteiger partial charge in [0.15, 0.2) is 5.84 Å². The van der Waals surface area contributed by atoms with E-state index in [0.717, 1.165) is 4.47 Å². The topological polar surface area (TPSA) is 88.2 Å². The van der Waals surface area contributed by atoms with Gasteiger partial charge in [-0.2, -0.15) is 0 Å². The van der Waals surface area contributed by atoms with Crippen molar-refractivity contribution < 1.29 is 14.7 Å². The summed E-state index contributed by atoms with van der Waals surface area (Å²) >= 11 is 4.71. The summed E-state index contributed by atoms with van der Waals surface area (Å²) in [6.45, 7) is 1.16. The van der Waals surface area contributed by atoms with Gasteiger partial charge in [0.1, 0.15) is 11.0 Å². The Morgan fingerprint density at radius 2 is 2.50 bits per heavy atom. The molecule has 1 aromatic rings. The Morgan fingerprint density at radius 3 is 3.11 bits per heavy atom. The lowest BCUT2D eigenvalue weighted by atomic mass is 10.2. The maximum Gasteiger partial charge on any atom is 0.265 e. The average molecular weight is 334 g/mol. The molecule has 1 aliphatic rings. The Kier molecular flexibility index (Phi) is 4.20. The highest BCUT2D eigenvalue weighted by molar-refractivity contribution is 9.10. The number of oxime groups is 1. The van der Waals surface area contributed by atoms with Crippen molar-refractivity contribution in [3.63, 3.8) is 0 Å². The Bertz CT molecular complexity index is 477. The first-order chi connectivity index (χ1) is 8.63. The number of rotatable bonds is 2. The third-order valence-electron chi connectivity index (χ3n) is 2.61. The molecule has 98 valence electrons. The number of nitrogens with two attached hydrogens (primary N) is 1. The summed E-state index contributed by atoms with van der Waals surface area (Å²) in [7, 11) is 0. The summed E-state index contributed by atoms with van der Waals surface area (Å²) in [4.78, 5) is 14.5. The molecule has 2 heterocycles. The van der Waals surface area contributed by atoms with Crippen LogP contribution < -0.4 is 5.73 Å². The second kappa shape index (κ2) is 5.68. The number of carbonyl (C=O) groups excluding carboxylic acids is 1. The van der Waals surface area contributed by atoms with Crippen molar-refractivity contribution in [1.29, 1.82) is 0 Å². The van der Waals surface area contributed by atoms with E-state index in [1.165, 1.54) is 11.3 Å². The lowest BCUT2D eigenvalue weighted by molar-refractivity contribution is 0.00695. The standard InChI is InChI=1S/C10H12BrN3O3S/c11-6-1-4-18-8(6)10(15)14-2-3-17-7(5-14)9(12)13-16/h1,4,7,16H,2-3,5H2,(H2,12,13). The molecular weight excluding hydrogens is 322 g/mol. The van der Waals surface area contributed by atoms with E-state index in [2.05, 4.69) is 21.1 Å². The van der Waals surface area contributed by atoms with Crippen LogP contribution in [0, 0.1) is 0 Å². The molecule has 0 aliphatic carbocycles. The molecule has 3 N–H and O–H groups in total. The van der Waals surface area contributed by atoms with Crippen molar-refractivity contribution in [2.24, 2.45) is 10.9 Å². The van der Waals surface area contributed by atoms with Crippen LogP contribution in [0.25, 0.3) is 0 Å². The second-order valence-electron chi connectivity index (χ2n) is 3.73. The number of nitrogens with zero attached hydrogens (tertiary/aromatic N) is 2. The predicted molar refractivity (Wildman–Crippen MR) is 71.1 cm³/mol. The fourth-order valence-electron chi connectivity index (χ4n) is 1.67. The normalized spacial score (nSPS) is 21.1. The summed E-state index contributed by atoms with van der Waals surface area (Å²) in [6, 6.07) is 1.83. The van der Waals surface area contributed by atoms with Crippen molar-refractivity contribution >= 4 is 39.0 Å². The van der Waals surface area contributed by atoms with Crippen LogP contribution in [0.15, 0.2) is 21.1 Å². The smallest absolute Gasteiger partial charge is 0.265 e. The van der Waals surface area contributed by atoms with Gasteiger partial charge >= 0.3 is 0 Å². The lowest BCUT2D eigenvalue weighted by Gasteiger charge is -2.32. The zero-order valence-corrected chi connectivity index (χ0v) is 11.8. The molecule has 0 radical (unpaired) electrons. The van der Waals surface area contributed by atoms with E-state index < -0.39 is 6.10 Å². The van der Waals surface area contributed by atoms with Gasteiger partial charge in [-0.05, 0) is 27.4 Å². The van der Waals surface area contributed by atoms with Crippen molar-refractivity contribution in [2.75, 3.05) is 19.7 Å². The van der Waals surface area contributed by atoms with Crippen LogP contribution in [0.1, 0.15) is 9.67 Å². The van der Waals surface area contributed by atoms with Gasteiger partial charge in [-0.15, -0.1) is 11.3 Å². The van der Waals surface area contributed by atoms with Crippen molar-refractivity contribution in [3.05, 3.63) is 20.8 Å². The van der Waals surface area contributed by atoms with E-state index in [-0.39, 0.29) is 11.7 Å². The fourth-order valence-corrected chi connectivity index (χ4v) is 3.17. The molecule has 2 rings (SSSR count). The van der Waals surface area contributed by atoms with Crippen molar-refractivity contribution in [1.82, 2.24) is 4.90 Å². The molecule has 0 spiro atoms. The summed E-state index contributed by atoms with van der Waals surface area (Å²) in [5.74, 6) is -0.0892. The van der Waals surface area contributed by atoms with Crippen LogP contribution in [0.4, 0.5) is 0 Å². The number of morpholine rings is 1. The molecule has 0 aromatic carbocycles. The first-order valence-electron chi connectivity index (χ1n) is 5.24. The predicted octanol–water partition coefficient (Wildman–Crippen LogP) is 1.10. The SMILES string of the molecule is NC(=NO)C1CN(C(=O)c2sccc2Br)CCO1. The zero-order chi connectivity index (χ0) is 13.1. The molecule has 8 heteroatoms. The highest BCUT2D eigenvalue weighted by atomic mass is 79.9. The Hall–Kier alpha value is -1.12. The number of carbonyl (C=O) groups is 1. The molecule has 1 unspecified atom stereocenters. The maximum absolute atomic E-state index is 12.2. The number of amidine groups is 1. The molecular formula is C10H12BrN3O3S. The summed E-state index contributed by atoms with van der Waals surface area (Å²) in [5.41, 5.74) is 5.49. The number of hydrogen-bond donors (Lipinski definition) is 2. The van der Waals surface area contributed by atoms with E-state index in [0.29, 0.717) is 24.6 Å². The third-order valence-corrected chi connectivity index (χ3v) is 4.44. The molecule has 1 fully saturated rings. The molecule has 1 aliphatic heterocycles. The molecule has 1 amide bonds. The number of thiophene rings is 1. The first-order valence-corrected chi connectivity index (χ1v) is 6.92. The first kappa shape index (κ1) is 13.3. The number of ether oxygens (including phenoxy) is 1. The van der Waals surface area contributed by atoms with Crippen LogP contribution in [0.3, 0.4) is 0 Å². The van der Waals surface area contributed by atoms with Crippen LogP contribution in [-0.2, 0) is 4.74 Å².